The van der Waals surface area contributed by atoms with Gasteiger partial charge in [0.2, 0.25) is 0 Å². The van der Waals surface area contributed by atoms with E-state index in [9.17, 15) is 18.3 Å². The highest BCUT2D eigenvalue weighted by atomic mass is 32.1. The van der Waals surface area contributed by atoms with Crippen LogP contribution < -0.4 is 9.64 Å². The van der Waals surface area contributed by atoms with Gasteiger partial charge in [-0.1, -0.05) is 6.07 Å². The minimum atomic E-state index is -4.79. The summed E-state index contributed by atoms with van der Waals surface area (Å²) in [7, 11) is 0. The van der Waals surface area contributed by atoms with Gasteiger partial charge in [0.15, 0.2) is 0 Å². The molecule has 0 amide bonds. The van der Waals surface area contributed by atoms with Crippen LogP contribution in [0.4, 0.5) is 18.9 Å². The number of aryl methyl sites for hydroxylation is 1. The Labute approximate surface area is 139 Å². The van der Waals surface area contributed by atoms with Gasteiger partial charge >= 0.3 is 6.36 Å². The molecular weight excluding hydrogens is 343 g/mol. The molecule has 0 radical (unpaired) electrons. The first-order valence-electron chi connectivity index (χ1n) is 6.81. The molecule has 0 fully saturated rings. The average Bonchev–Trinajstić information content (AvgIpc) is 3.01. The maximum atomic E-state index is 12.3. The van der Waals surface area contributed by atoms with Gasteiger partial charge in [-0.05, 0) is 19.1 Å². The Morgan fingerprint density at radius 3 is 2.75 bits per heavy atom. The number of nitrogens with one attached hydrogen (secondary N) is 1. The van der Waals surface area contributed by atoms with Crippen molar-refractivity contribution >= 4 is 28.4 Å². The highest BCUT2D eigenvalue weighted by molar-refractivity contribution is 7.11. The number of benzene rings is 1. The van der Waals surface area contributed by atoms with Crippen molar-refractivity contribution in [1.82, 2.24) is 4.98 Å². The van der Waals surface area contributed by atoms with Gasteiger partial charge in [0.25, 0.3) is 0 Å². The Hall–Kier alpha value is -2.55. The fourth-order valence-electron chi connectivity index (χ4n) is 2.34. The Bertz CT molecular complexity index is 829. The molecule has 24 heavy (non-hydrogen) atoms. The summed E-state index contributed by atoms with van der Waals surface area (Å²) in [5.74, 6) is -0.451. The van der Waals surface area contributed by atoms with Crippen LogP contribution in [0.25, 0.3) is 5.57 Å². The third-order valence-electron chi connectivity index (χ3n) is 3.30. The second kappa shape index (κ2) is 5.82. The molecule has 0 aliphatic carbocycles. The number of anilines is 1. The Kier molecular flexibility index (Phi) is 3.96. The van der Waals surface area contributed by atoms with Gasteiger partial charge in [0.05, 0.1) is 12.1 Å². The molecule has 5 nitrogen and oxygen atoms in total. The highest BCUT2D eigenvalue weighted by Gasteiger charge is 2.33. The molecule has 126 valence electrons. The van der Waals surface area contributed by atoms with E-state index in [0.717, 1.165) is 5.69 Å². The maximum Gasteiger partial charge on any atom is 0.573 e. The summed E-state index contributed by atoms with van der Waals surface area (Å²) in [5.41, 5.74) is 1.37. The fraction of sp³-hybridized carbons (Fsp3) is 0.200. The van der Waals surface area contributed by atoms with Crippen LogP contribution in [-0.4, -0.2) is 28.8 Å². The van der Waals surface area contributed by atoms with Crippen molar-refractivity contribution in [3.05, 3.63) is 46.1 Å². The van der Waals surface area contributed by atoms with Crippen molar-refractivity contribution in [2.45, 2.75) is 13.3 Å². The van der Waals surface area contributed by atoms with Crippen LogP contribution in [0.5, 0.6) is 5.75 Å². The predicted octanol–water partition coefficient (Wildman–Crippen LogP) is 4.12. The first-order valence-corrected chi connectivity index (χ1v) is 7.69. The number of thiazole rings is 1. The lowest BCUT2D eigenvalue weighted by Crippen LogP contribution is -2.26. The number of aromatic nitrogens is 1. The number of hydrogen-bond acceptors (Lipinski definition) is 5. The summed E-state index contributed by atoms with van der Waals surface area (Å²) in [4.78, 5) is 5.64. The molecule has 2 aromatic rings. The van der Waals surface area contributed by atoms with Crippen LogP contribution in [0, 0.1) is 12.3 Å². The number of ether oxygens (including phenoxy) is 1. The topological polar surface area (TPSA) is 69.4 Å². The van der Waals surface area contributed by atoms with Gasteiger partial charge in [0.1, 0.15) is 22.4 Å². The number of amidine groups is 1. The summed E-state index contributed by atoms with van der Waals surface area (Å²) >= 11 is 1.29. The molecule has 1 aliphatic heterocycles. The number of nitrogens with zero attached hydrogens (tertiary/aromatic N) is 2. The number of halogens is 3. The van der Waals surface area contributed by atoms with Crippen LogP contribution in [0.2, 0.25) is 0 Å². The predicted molar refractivity (Wildman–Crippen MR) is 84.6 cm³/mol. The zero-order chi connectivity index (χ0) is 17.5. The van der Waals surface area contributed by atoms with E-state index in [-0.39, 0.29) is 29.5 Å². The van der Waals surface area contributed by atoms with Gasteiger partial charge in [-0.2, -0.15) is 0 Å². The molecule has 9 heteroatoms. The molecule has 1 aliphatic rings. The second-order valence-corrected chi connectivity index (χ2v) is 5.95. The molecule has 1 aromatic heterocycles. The maximum absolute atomic E-state index is 12.3. The minimum Gasteiger partial charge on any atom is -0.510 e. The van der Waals surface area contributed by atoms with Crippen molar-refractivity contribution in [2.75, 3.05) is 11.4 Å². The molecule has 2 heterocycles. The quantitative estimate of drug-likeness (QED) is 0.869. The Morgan fingerprint density at radius 1 is 1.38 bits per heavy atom. The van der Waals surface area contributed by atoms with E-state index in [0.29, 0.717) is 10.7 Å². The first-order chi connectivity index (χ1) is 11.2. The molecule has 0 spiro atoms. The van der Waals surface area contributed by atoms with E-state index in [2.05, 4.69) is 9.72 Å². The van der Waals surface area contributed by atoms with Gasteiger partial charge in [-0.25, -0.2) is 4.98 Å². The van der Waals surface area contributed by atoms with Crippen LogP contribution >= 0.6 is 11.3 Å². The van der Waals surface area contributed by atoms with E-state index in [1.54, 1.807) is 18.4 Å². The van der Waals surface area contributed by atoms with Crippen molar-refractivity contribution in [3.63, 3.8) is 0 Å². The van der Waals surface area contributed by atoms with Crippen LogP contribution in [0.15, 0.2) is 35.4 Å². The third kappa shape index (κ3) is 3.21. The lowest BCUT2D eigenvalue weighted by Gasteiger charge is -2.19. The van der Waals surface area contributed by atoms with Gasteiger partial charge in [-0.3, -0.25) is 5.41 Å². The molecule has 1 aromatic carbocycles. The summed E-state index contributed by atoms with van der Waals surface area (Å²) in [5, 5.41) is 20.7. The zero-order valence-corrected chi connectivity index (χ0v) is 13.2. The summed E-state index contributed by atoms with van der Waals surface area (Å²) < 4.78 is 40.9. The van der Waals surface area contributed by atoms with E-state index < -0.39 is 6.36 Å². The number of aliphatic hydroxyl groups is 1. The van der Waals surface area contributed by atoms with Crippen molar-refractivity contribution in [1.29, 1.82) is 5.41 Å². The molecule has 0 saturated carbocycles. The fourth-order valence-corrected chi connectivity index (χ4v) is 3.21. The van der Waals surface area contributed by atoms with Crippen molar-refractivity contribution < 1.29 is 23.0 Å². The SMILES string of the molecule is Cc1csc(C2=C(O)CN(c3cccc(OC(F)(F)F)c3)C2=N)n1. The zero-order valence-electron chi connectivity index (χ0n) is 12.4. The molecule has 0 saturated heterocycles. The van der Waals surface area contributed by atoms with Crippen LogP contribution in [-0.2, 0) is 0 Å². The van der Waals surface area contributed by atoms with Gasteiger partial charge in [-0.15, -0.1) is 24.5 Å². The van der Waals surface area contributed by atoms with Crippen LogP contribution in [0.1, 0.15) is 10.7 Å². The molecule has 0 unspecified atom stereocenters. The number of hydrogen-bond donors (Lipinski definition) is 2. The third-order valence-corrected chi connectivity index (χ3v) is 4.28. The van der Waals surface area contributed by atoms with E-state index in [4.69, 9.17) is 5.41 Å². The van der Waals surface area contributed by atoms with E-state index in [1.807, 2.05) is 0 Å². The smallest absolute Gasteiger partial charge is 0.510 e. The molecular formula is C15H12F3N3O2S. The summed E-state index contributed by atoms with van der Waals surface area (Å²) in [6.45, 7) is 1.79. The van der Waals surface area contributed by atoms with Crippen molar-refractivity contribution in [2.24, 2.45) is 0 Å². The normalized spacial score (nSPS) is 15.3. The molecule has 2 N–H and O–H groups in total. The van der Waals surface area contributed by atoms with Crippen LogP contribution in [0.3, 0.4) is 0 Å². The monoisotopic (exact) mass is 355 g/mol. The minimum absolute atomic E-state index is 0.0116. The summed E-state index contributed by atoms with van der Waals surface area (Å²) in [6, 6.07) is 5.29. The average molecular weight is 355 g/mol. The molecule has 0 atom stereocenters. The van der Waals surface area contributed by atoms with Crippen molar-refractivity contribution in [3.8, 4) is 5.75 Å². The van der Waals surface area contributed by atoms with Gasteiger partial charge in [0, 0.05) is 22.8 Å². The molecule has 3 rings (SSSR count). The van der Waals surface area contributed by atoms with E-state index >= 15 is 0 Å². The first kappa shape index (κ1) is 16.3. The summed E-state index contributed by atoms with van der Waals surface area (Å²) in [6.07, 6.45) is -4.79. The number of alkyl halides is 3. The lowest BCUT2D eigenvalue weighted by molar-refractivity contribution is -0.274. The van der Waals surface area contributed by atoms with Gasteiger partial charge < -0.3 is 14.7 Å². The molecule has 0 bridgehead atoms. The number of rotatable bonds is 3. The Morgan fingerprint density at radius 2 is 2.12 bits per heavy atom. The second-order valence-electron chi connectivity index (χ2n) is 5.10. The number of aliphatic hydroxyl groups excluding tert-OH is 1. The Balaban J connectivity index is 1.88. The standard InChI is InChI=1S/C15H12F3N3O2S/c1-8-7-24-14(20-8)12-11(22)6-21(13(12)19)9-3-2-4-10(5-9)23-15(16,17)18/h2-5,7,19,22H,6H2,1H3. The highest BCUT2D eigenvalue weighted by Crippen LogP contribution is 2.34. The van der Waals surface area contributed by atoms with E-state index in [1.165, 1.54) is 34.4 Å². The lowest BCUT2D eigenvalue weighted by atomic mass is 10.2. The largest absolute Gasteiger partial charge is 0.573 e.